The van der Waals surface area contributed by atoms with E-state index in [-0.39, 0.29) is 0 Å². The van der Waals surface area contributed by atoms with Crippen molar-refractivity contribution < 1.29 is 4.74 Å². The van der Waals surface area contributed by atoms with Crippen molar-refractivity contribution in [2.24, 2.45) is 4.99 Å². The number of aryl methyl sites for hydroxylation is 1. The molecule has 68 valence electrons. The van der Waals surface area contributed by atoms with Gasteiger partial charge in [-0.1, -0.05) is 0 Å². The van der Waals surface area contributed by atoms with Crippen LogP contribution in [-0.4, -0.2) is 24.1 Å². The van der Waals surface area contributed by atoms with Crippen molar-refractivity contribution in [3.63, 3.8) is 0 Å². The van der Waals surface area contributed by atoms with Crippen LogP contribution in [0.3, 0.4) is 0 Å². The molecule has 0 saturated carbocycles. The number of nitrogens with zero attached hydrogens (tertiary/aromatic N) is 2. The number of rotatable bonds is 0. The first-order valence-electron chi connectivity index (χ1n) is 4.39. The molecule has 2 aliphatic rings. The molecule has 3 nitrogen and oxygen atoms in total. The van der Waals surface area contributed by atoms with Gasteiger partial charge in [0.15, 0.2) is 0 Å². The Kier molecular flexibility index (Phi) is 1.41. The van der Waals surface area contributed by atoms with Gasteiger partial charge in [0.2, 0.25) is 0 Å². The molecule has 0 aliphatic carbocycles. The lowest BCUT2D eigenvalue weighted by atomic mass is 10.2. The summed E-state index contributed by atoms with van der Waals surface area (Å²) in [6, 6.07) is 3.04. The van der Waals surface area contributed by atoms with E-state index in [9.17, 15) is 0 Å². The first-order chi connectivity index (χ1) is 6.33. The van der Waals surface area contributed by atoms with Crippen LogP contribution in [0.1, 0.15) is 10.4 Å². The van der Waals surface area contributed by atoms with E-state index in [1.54, 1.807) is 11.3 Å². The predicted octanol–water partition coefficient (Wildman–Crippen LogP) is 1.89. The van der Waals surface area contributed by atoms with Gasteiger partial charge in [0.25, 0.3) is 6.02 Å². The number of amidine groups is 1. The largest absolute Gasteiger partial charge is 0.463 e. The van der Waals surface area contributed by atoms with Crippen LogP contribution >= 0.6 is 11.3 Å². The molecule has 0 spiro atoms. The monoisotopic (exact) mass is 194 g/mol. The van der Waals surface area contributed by atoms with Gasteiger partial charge in [-0.15, -0.1) is 11.3 Å². The molecule has 13 heavy (non-hydrogen) atoms. The molecule has 1 fully saturated rings. The predicted molar refractivity (Wildman–Crippen MR) is 52.5 cm³/mol. The Bertz CT molecular complexity index is 383. The van der Waals surface area contributed by atoms with Crippen LogP contribution in [0.4, 0.5) is 5.00 Å². The molecule has 1 aromatic rings. The molecule has 0 radical (unpaired) electrons. The van der Waals surface area contributed by atoms with Gasteiger partial charge in [-0.05, 0) is 13.0 Å². The average Bonchev–Trinajstić information content (AvgIpc) is 2.63. The Hall–Kier alpha value is -1.03. The second-order valence-corrected chi connectivity index (χ2v) is 4.59. The van der Waals surface area contributed by atoms with Crippen LogP contribution in [0.15, 0.2) is 11.1 Å². The zero-order valence-corrected chi connectivity index (χ0v) is 8.23. The minimum absolute atomic E-state index is 0.784. The summed E-state index contributed by atoms with van der Waals surface area (Å²) < 4.78 is 5.41. The molecule has 1 saturated heterocycles. The second kappa shape index (κ2) is 2.48. The molecule has 3 heterocycles. The topological polar surface area (TPSA) is 24.8 Å². The molecule has 0 amide bonds. The van der Waals surface area contributed by atoms with Crippen molar-refractivity contribution in [1.29, 1.82) is 0 Å². The maximum atomic E-state index is 5.41. The summed E-state index contributed by atoms with van der Waals surface area (Å²) in [5, 5.41) is 1.13. The van der Waals surface area contributed by atoms with E-state index in [0.29, 0.717) is 0 Å². The lowest BCUT2D eigenvalue weighted by Gasteiger charge is -2.19. The number of thiophene rings is 1. The normalized spacial score (nSPS) is 19.2. The maximum Gasteiger partial charge on any atom is 0.293 e. The molecular weight excluding hydrogens is 184 g/mol. The number of fused-ring (bicyclic) bond motifs is 2. The first-order valence-corrected chi connectivity index (χ1v) is 5.20. The quantitative estimate of drug-likeness (QED) is 0.630. The van der Waals surface area contributed by atoms with Crippen molar-refractivity contribution in [2.75, 3.05) is 13.2 Å². The van der Waals surface area contributed by atoms with Gasteiger partial charge in [0.1, 0.15) is 11.6 Å². The highest BCUT2D eigenvalue weighted by atomic mass is 32.1. The van der Waals surface area contributed by atoms with Crippen LogP contribution in [0.5, 0.6) is 0 Å². The summed E-state index contributed by atoms with van der Waals surface area (Å²) in [6.07, 6.45) is 0. The second-order valence-electron chi connectivity index (χ2n) is 3.35. The standard InChI is InChI=1S/C9H10N2OS/c1-6-4-7-5-11-2-3-12-9(11)10-8(7)13-6/h4H,2-3,5H2,1H3. The molecule has 0 N–H and O–H groups in total. The van der Waals surface area contributed by atoms with E-state index in [1.165, 1.54) is 10.4 Å². The number of hydrogen-bond donors (Lipinski definition) is 0. The third-order valence-corrected chi connectivity index (χ3v) is 3.32. The fourth-order valence-corrected chi connectivity index (χ4v) is 2.62. The average molecular weight is 194 g/mol. The molecule has 0 unspecified atom stereocenters. The van der Waals surface area contributed by atoms with Crippen LogP contribution < -0.4 is 0 Å². The molecule has 4 heteroatoms. The van der Waals surface area contributed by atoms with E-state index >= 15 is 0 Å². The summed E-state index contributed by atoms with van der Waals surface area (Å²) in [4.78, 5) is 7.99. The Labute approximate surface area is 80.7 Å². The fraction of sp³-hybridized carbons (Fsp3) is 0.444. The molecule has 0 atom stereocenters. The lowest BCUT2D eigenvalue weighted by Crippen LogP contribution is -2.26. The van der Waals surface area contributed by atoms with Gasteiger partial charge in [-0.2, -0.15) is 4.99 Å². The Balaban J connectivity index is 2.08. The Morgan fingerprint density at radius 3 is 3.46 bits per heavy atom. The van der Waals surface area contributed by atoms with Crippen molar-refractivity contribution in [3.8, 4) is 0 Å². The Morgan fingerprint density at radius 2 is 2.54 bits per heavy atom. The summed E-state index contributed by atoms with van der Waals surface area (Å²) in [7, 11) is 0. The van der Waals surface area contributed by atoms with Crippen LogP contribution in [0.2, 0.25) is 0 Å². The molecule has 0 bridgehead atoms. The highest BCUT2D eigenvalue weighted by Crippen LogP contribution is 2.35. The molecule has 2 aliphatic heterocycles. The number of hydrogen-bond acceptors (Lipinski definition) is 4. The highest BCUT2D eigenvalue weighted by molar-refractivity contribution is 7.16. The third kappa shape index (κ3) is 1.05. The SMILES string of the molecule is Cc1cc2c(s1)N=C1OCCN1C2. The van der Waals surface area contributed by atoms with Crippen LogP contribution in [0, 0.1) is 6.92 Å². The van der Waals surface area contributed by atoms with Gasteiger partial charge in [0.05, 0.1) is 13.1 Å². The molecular formula is C9H10N2OS. The van der Waals surface area contributed by atoms with Crippen LogP contribution in [0.25, 0.3) is 0 Å². The maximum absolute atomic E-state index is 5.41. The lowest BCUT2D eigenvalue weighted by molar-refractivity contribution is 0.351. The van der Waals surface area contributed by atoms with E-state index in [4.69, 9.17) is 4.74 Å². The first kappa shape index (κ1) is 7.38. The van der Waals surface area contributed by atoms with Gasteiger partial charge in [-0.3, -0.25) is 0 Å². The highest BCUT2D eigenvalue weighted by Gasteiger charge is 2.26. The van der Waals surface area contributed by atoms with E-state index in [1.807, 2.05) is 0 Å². The summed E-state index contributed by atoms with van der Waals surface area (Å²) in [5.74, 6) is 0. The van der Waals surface area contributed by atoms with E-state index in [2.05, 4.69) is 22.9 Å². The molecule has 3 rings (SSSR count). The van der Waals surface area contributed by atoms with Gasteiger partial charge in [0, 0.05) is 10.4 Å². The van der Waals surface area contributed by atoms with Crippen molar-refractivity contribution in [3.05, 3.63) is 16.5 Å². The zero-order valence-electron chi connectivity index (χ0n) is 7.41. The summed E-state index contributed by atoms with van der Waals surface area (Å²) >= 11 is 1.74. The smallest absolute Gasteiger partial charge is 0.293 e. The third-order valence-electron chi connectivity index (χ3n) is 2.33. The minimum Gasteiger partial charge on any atom is -0.463 e. The van der Waals surface area contributed by atoms with Gasteiger partial charge < -0.3 is 9.64 Å². The number of ether oxygens (including phenoxy) is 1. The van der Waals surface area contributed by atoms with Crippen LogP contribution in [-0.2, 0) is 11.3 Å². The number of aliphatic imine (C=N–C) groups is 1. The fourth-order valence-electron chi connectivity index (χ4n) is 1.74. The summed E-state index contributed by atoms with van der Waals surface area (Å²) in [6.45, 7) is 4.85. The van der Waals surface area contributed by atoms with Crippen molar-refractivity contribution in [2.45, 2.75) is 13.5 Å². The van der Waals surface area contributed by atoms with E-state index in [0.717, 1.165) is 30.7 Å². The van der Waals surface area contributed by atoms with Crippen molar-refractivity contribution in [1.82, 2.24) is 4.90 Å². The van der Waals surface area contributed by atoms with Crippen molar-refractivity contribution >= 4 is 22.4 Å². The zero-order chi connectivity index (χ0) is 8.84. The summed E-state index contributed by atoms with van der Waals surface area (Å²) in [5.41, 5.74) is 1.34. The van der Waals surface area contributed by atoms with Gasteiger partial charge >= 0.3 is 0 Å². The van der Waals surface area contributed by atoms with E-state index < -0.39 is 0 Å². The molecule has 1 aromatic heterocycles. The minimum atomic E-state index is 0.784. The molecule has 0 aromatic carbocycles. The van der Waals surface area contributed by atoms with Gasteiger partial charge in [-0.25, -0.2) is 0 Å². The Morgan fingerprint density at radius 1 is 1.62 bits per heavy atom.